The number of amides is 1. The van der Waals surface area contributed by atoms with Crippen LogP contribution < -0.4 is 10.1 Å². The molecule has 0 aliphatic carbocycles. The van der Waals surface area contributed by atoms with E-state index in [4.69, 9.17) is 16.3 Å². The molecule has 1 N–H and O–H groups in total. The first-order valence-corrected chi connectivity index (χ1v) is 8.66. The highest BCUT2D eigenvalue weighted by atomic mass is 35.5. The molecule has 0 bridgehead atoms. The fourth-order valence-electron chi connectivity index (χ4n) is 2.24. The highest BCUT2D eigenvalue weighted by Gasteiger charge is 2.30. The predicted octanol–water partition coefficient (Wildman–Crippen LogP) is 5.05. The van der Waals surface area contributed by atoms with E-state index >= 15 is 0 Å². The molecule has 1 aromatic heterocycles. The fraction of sp³-hybridized carbons (Fsp3) is 0.222. The van der Waals surface area contributed by atoms with Gasteiger partial charge in [0.25, 0.3) is 5.91 Å². The summed E-state index contributed by atoms with van der Waals surface area (Å²) >= 11 is 7.46. The Bertz CT molecular complexity index is 888. The molecule has 0 saturated heterocycles. The van der Waals surface area contributed by atoms with E-state index in [1.54, 1.807) is 49.4 Å². The normalized spacial score (nSPS) is 11.5. The standard InChI is InChI=1S/C18H17ClN2O2S/c1-11-20-15-9-6-13(10-16(15)24-11)21-17(22)18(2,3)23-14-7-4-12(19)5-8-14/h4-10H,1-3H3,(H,21,22). The van der Waals surface area contributed by atoms with Crippen molar-refractivity contribution < 1.29 is 9.53 Å². The molecule has 24 heavy (non-hydrogen) atoms. The Kier molecular flexibility index (Phi) is 4.47. The predicted molar refractivity (Wildman–Crippen MR) is 99.1 cm³/mol. The topological polar surface area (TPSA) is 51.2 Å². The minimum atomic E-state index is -1.02. The summed E-state index contributed by atoms with van der Waals surface area (Å²) in [6, 6.07) is 12.6. The van der Waals surface area contributed by atoms with Gasteiger partial charge in [0.05, 0.1) is 15.2 Å². The molecule has 0 aliphatic rings. The number of hydrogen-bond acceptors (Lipinski definition) is 4. The average molecular weight is 361 g/mol. The molecule has 124 valence electrons. The first-order valence-electron chi connectivity index (χ1n) is 7.47. The van der Waals surface area contributed by atoms with E-state index in [0.717, 1.165) is 20.9 Å². The number of aromatic nitrogens is 1. The van der Waals surface area contributed by atoms with Crippen molar-refractivity contribution in [2.24, 2.45) is 0 Å². The van der Waals surface area contributed by atoms with Gasteiger partial charge >= 0.3 is 0 Å². The van der Waals surface area contributed by atoms with Crippen molar-refractivity contribution in [1.29, 1.82) is 0 Å². The van der Waals surface area contributed by atoms with E-state index in [1.807, 2.05) is 25.1 Å². The average Bonchev–Trinajstić information content (AvgIpc) is 2.88. The lowest BCUT2D eigenvalue weighted by molar-refractivity contribution is -0.128. The van der Waals surface area contributed by atoms with Crippen LogP contribution in [0.5, 0.6) is 5.75 Å². The zero-order valence-electron chi connectivity index (χ0n) is 13.6. The van der Waals surface area contributed by atoms with Crippen LogP contribution in [0, 0.1) is 6.92 Å². The van der Waals surface area contributed by atoms with Gasteiger partial charge in [-0.05, 0) is 63.2 Å². The fourth-order valence-corrected chi connectivity index (χ4v) is 3.24. The molecular formula is C18H17ClN2O2S. The quantitative estimate of drug-likeness (QED) is 0.707. The van der Waals surface area contributed by atoms with E-state index < -0.39 is 5.60 Å². The SMILES string of the molecule is Cc1nc2ccc(NC(=O)C(C)(C)Oc3ccc(Cl)cc3)cc2s1. The Balaban J connectivity index is 1.74. The van der Waals surface area contributed by atoms with Crippen LogP contribution in [0.15, 0.2) is 42.5 Å². The number of hydrogen-bond donors (Lipinski definition) is 1. The summed E-state index contributed by atoms with van der Waals surface area (Å²) in [5.41, 5.74) is 0.642. The van der Waals surface area contributed by atoms with E-state index in [2.05, 4.69) is 10.3 Å². The molecule has 0 fully saturated rings. The van der Waals surface area contributed by atoms with E-state index in [1.165, 1.54) is 0 Å². The number of nitrogens with one attached hydrogen (secondary N) is 1. The number of nitrogens with zero attached hydrogens (tertiary/aromatic N) is 1. The van der Waals surface area contributed by atoms with Gasteiger partial charge in [-0.2, -0.15) is 0 Å². The number of ether oxygens (including phenoxy) is 1. The zero-order chi connectivity index (χ0) is 17.3. The van der Waals surface area contributed by atoms with Gasteiger partial charge in [-0.1, -0.05) is 11.6 Å². The molecular weight excluding hydrogens is 344 g/mol. The smallest absolute Gasteiger partial charge is 0.267 e. The molecule has 2 aromatic carbocycles. The van der Waals surface area contributed by atoms with Crippen LogP contribution >= 0.6 is 22.9 Å². The molecule has 0 atom stereocenters. The van der Waals surface area contributed by atoms with Crippen molar-refractivity contribution in [1.82, 2.24) is 4.98 Å². The summed E-state index contributed by atoms with van der Waals surface area (Å²) in [6.07, 6.45) is 0. The van der Waals surface area contributed by atoms with Crippen molar-refractivity contribution in [3.63, 3.8) is 0 Å². The van der Waals surface area contributed by atoms with E-state index in [0.29, 0.717) is 10.8 Å². The maximum absolute atomic E-state index is 12.6. The minimum absolute atomic E-state index is 0.224. The van der Waals surface area contributed by atoms with Crippen molar-refractivity contribution in [2.75, 3.05) is 5.32 Å². The van der Waals surface area contributed by atoms with Crippen LogP contribution in [-0.2, 0) is 4.79 Å². The van der Waals surface area contributed by atoms with Crippen molar-refractivity contribution in [3.8, 4) is 5.75 Å². The number of thiazole rings is 1. The lowest BCUT2D eigenvalue weighted by Crippen LogP contribution is -2.42. The monoisotopic (exact) mass is 360 g/mol. The van der Waals surface area contributed by atoms with Crippen LogP contribution in [0.25, 0.3) is 10.2 Å². The molecule has 1 heterocycles. The summed E-state index contributed by atoms with van der Waals surface area (Å²) in [7, 11) is 0. The van der Waals surface area contributed by atoms with Gasteiger partial charge in [0.1, 0.15) is 5.75 Å². The van der Waals surface area contributed by atoms with Crippen molar-refractivity contribution in [2.45, 2.75) is 26.4 Å². The molecule has 4 nitrogen and oxygen atoms in total. The largest absolute Gasteiger partial charge is 0.478 e. The van der Waals surface area contributed by atoms with Crippen molar-refractivity contribution in [3.05, 3.63) is 52.5 Å². The Morgan fingerprint density at radius 1 is 1.21 bits per heavy atom. The minimum Gasteiger partial charge on any atom is -0.478 e. The summed E-state index contributed by atoms with van der Waals surface area (Å²) in [4.78, 5) is 17.0. The summed E-state index contributed by atoms with van der Waals surface area (Å²) < 4.78 is 6.85. The first-order chi connectivity index (χ1) is 11.3. The summed E-state index contributed by atoms with van der Waals surface area (Å²) in [5, 5.41) is 4.53. The molecule has 0 saturated carbocycles. The maximum Gasteiger partial charge on any atom is 0.267 e. The number of anilines is 1. The number of benzene rings is 2. The maximum atomic E-state index is 12.6. The highest BCUT2D eigenvalue weighted by Crippen LogP contribution is 2.26. The lowest BCUT2D eigenvalue weighted by Gasteiger charge is -2.25. The van der Waals surface area contributed by atoms with Crippen LogP contribution in [0.1, 0.15) is 18.9 Å². The van der Waals surface area contributed by atoms with Gasteiger partial charge < -0.3 is 10.1 Å². The Morgan fingerprint density at radius 2 is 1.92 bits per heavy atom. The third-order valence-corrected chi connectivity index (χ3v) is 4.67. The molecule has 3 aromatic rings. The lowest BCUT2D eigenvalue weighted by atomic mass is 10.1. The van der Waals surface area contributed by atoms with Crippen LogP contribution in [0.3, 0.4) is 0 Å². The number of aryl methyl sites for hydroxylation is 1. The van der Waals surface area contributed by atoms with Gasteiger partial charge in [-0.15, -0.1) is 11.3 Å². The third kappa shape index (κ3) is 3.68. The van der Waals surface area contributed by atoms with Gasteiger partial charge in [-0.25, -0.2) is 4.98 Å². The van der Waals surface area contributed by atoms with Crippen molar-refractivity contribution >= 4 is 44.7 Å². The summed E-state index contributed by atoms with van der Waals surface area (Å²) in [6.45, 7) is 5.42. The number of halogens is 1. The first kappa shape index (κ1) is 16.7. The Hall–Kier alpha value is -2.11. The number of carbonyl (C=O) groups excluding carboxylic acids is 1. The number of rotatable bonds is 4. The Labute approximate surface area is 149 Å². The van der Waals surface area contributed by atoms with E-state index in [-0.39, 0.29) is 5.91 Å². The Morgan fingerprint density at radius 3 is 2.62 bits per heavy atom. The second-order valence-electron chi connectivity index (χ2n) is 5.94. The summed E-state index contributed by atoms with van der Waals surface area (Å²) in [5.74, 6) is 0.367. The second-order valence-corrected chi connectivity index (χ2v) is 7.61. The van der Waals surface area contributed by atoms with Crippen LogP contribution in [-0.4, -0.2) is 16.5 Å². The molecule has 0 unspecified atom stereocenters. The number of carbonyl (C=O) groups is 1. The molecule has 0 radical (unpaired) electrons. The molecule has 0 aliphatic heterocycles. The molecule has 0 spiro atoms. The zero-order valence-corrected chi connectivity index (χ0v) is 15.2. The van der Waals surface area contributed by atoms with Gasteiger partial charge in [0, 0.05) is 10.7 Å². The third-order valence-electron chi connectivity index (χ3n) is 3.49. The molecule has 6 heteroatoms. The van der Waals surface area contributed by atoms with E-state index in [9.17, 15) is 4.79 Å². The van der Waals surface area contributed by atoms with Crippen LogP contribution in [0.4, 0.5) is 5.69 Å². The van der Waals surface area contributed by atoms with Crippen LogP contribution in [0.2, 0.25) is 5.02 Å². The van der Waals surface area contributed by atoms with Gasteiger partial charge in [0.2, 0.25) is 0 Å². The molecule has 3 rings (SSSR count). The second kappa shape index (κ2) is 6.42. The molecule has 1 amide bonds. The highest BCUT2D eigenvalue weighted by molar-refractivity contribution is 7.18. The van der Waals surface area contributed by atoms with Gasteiger partial charge in [-0.3, -0.25) is 4.79 Å². The van der Waals surface area contributed by atoms with Gasteiger partial charge in [0.15, 0.2) is 5.60 Å². The number of fused-ring (bicyclic) bond motifs is 1.